The SMILES string of the molecule is Cc1cccc2c(O)cc3c(c12)[C@H](CCl)CN3C(=O)c1ccc2cc(-c3ccc(OCCN(C)C)cc3)[nH]c2c1. The number of ether oxygens (including phenoxy) is 1. The number of H-pyrrole nitrogens is 1. The number of rotatable bonds is 7. The predicted octanol–water partition coefficient (Wildman–Crippen LogP) is 6.93. The number of benzene rings is 4. The van der Waals surface area contributed by atoms with Crippen LogP contribution in [0.5, 0.6) is 11.5 Å². The molecule has 1 atom stereocenters. The van der Waals surface area contributed by atoms with Crippen LogP contribution in [0.4, 0.5) is 5.69 Å². The minimum absolute atomic E-state index is 0.0135. The molecule has 1 aromatic heterocycles. The van der Waals surface area contributed by atoms with Crippen LogP contribution in [0.3, 0.4) is 0 Å². The number of nitrogens with one attached hydrogen (secondary N) is 1. The number of carbonyl (C=O) groups is 1. The first-order valence-corrected chi connectivity index (χ1v) is 14.0. The Kier molecular flexibility index (Phi) is 6.90. The molecule has 0 saturated carbocycles. The van der Waals surface area contributed by atoms with Gasteiger partial charge in [-0.1, -0.05) is 24.3 Å². The molecule has 1 amide bonds. The summed E-state index contributed by atoms with van der Waals surface area (Å²) in [4.78, 5) is 21.2. The highest BCUT2D eigenvalue weighted by Gasteiger charge is 2.35. The zero-order chi connectivity index (χ0) is 28.0. The monoisotopic (exact) mass is 553 g/mol. The number of fused-ring (bicyclic) bond motifs is 4. The lowest BCUT2D eigenvalue weighted by atomic mass is 9.92. The number of aryl methyl sites for hydroxylation is 1. The first-order chi connectivity index (χ1) is 19.3. The van der Waals surface area contributed by atoms with Gasteiger partial charge >= 0.3 is 0 Å². The molecule has 0 saturated heterocycles. The Labute approximate surface area is 238 Å². The van der Waals surface area contributed by atoms with E-state index in [1.807, 2.05) is 81.7 Å². The van der Waals surface area contributed by atoms with Crippen LogP contribution in [-0.4, -0.2) is 60.6 Å². The van der Waals surface area contributed by atoms with Crippen molar-refractivity contribution < 1.29 is 14.6 Å². The summed E-state index contributed by atoms with van der Waals surface area (Å²) in [7, 11) is 4.05. The minimum atomic E-state index is -0.113. The maximum Gasteiger partial charge on any atom is 0.258 e. The topological polar surface area (TPSA) is 68.8 Å². The van der Waals surface area contributed by atoms with Crippen molar-refractivity contribution in [1.29, 1.82) is 0 Å². The van der Waals surface area contributed by atoms with Crippen LogP contribution in [0.15, 0.2) is 72.8 Å². The Morgan fingerprint density at radius 1 is 1.10 bits per heavy atom. The van der Waals surface area contributed by atoms with Crippen LogP contribution >= 0.6 is 11.6 Å². The molecule has 1 aliphatic rings. The maximum absolute atomic E-state index is 13.9. The maximum atomic E-state index is 13.9. The minimum Gasteiger partial charge on any atom is -0.507 e. The predicted molar refractivity (Wildman–Crippen MR) is 163 cm³/mol. The van der Waals surface area contributed by atoms with Crippen molar-refractivity contribution in [2.45, 2.75) is 12.8 Å². The van der Waals surface area contributed by atoms with Gasteiger partial charge in [0, 0.05) is 58.5 Å². The third-order valence-electron chi connectivity index (χ3n) is 7.74. The first kappa shape index (κ1) is 26.2. The number of amides is 1. The number of carbonyl (C=O) groups excluding carboxylic acids is 1. The molecule has 0 fully saturated rings. The van der Waals surface area contributed by atoms with Gasteiger partial charge in [-0.05, 0) is 85.6 Å². The molecule has 4 aromatic carbocycles. The van der Waals surface area contributed by atoms with E-state index >= 15 is 0 Å². The number of alkyl halides is 1. The van der Waals surface area contributed by atoms with Crippen molar-refractivity contribution in [3.63, 3.8) is 0 Å². The lowest BCUT2D eigenvalue weighted by Crippen LogP contribution is -2.30. The summed E-state index contributed by atoms with van der Waals surface area (Å²) >= 11 is 6.42. The summed E-state index contributed by atoms with van der Waals surface area (Å²) in [6.07, 6.45) is 0. The summed E-state index contributed by atoms with van der Waals surface area (Å²) in [6, 6.07) is 23.4. The Balaban J connectivity index is 1.29. The molecule has 6 rings (SSSR count). The summed E-state index contributed by atoms with van der Waals surface area (Å²) in [5.74, 6) is 1.27. The number of aromatic nitrogens is 1. The van der Waals surface area contributed by atoms with Gasteiger partial charge < -0.3 is 24.6 Å². The van der Waals surface area contributed by atoms with Gasteiger partial charge in [0.15, 0.2) is 0 Å². The van der Waals surface area contributed by atoms with E-state index < -0.39 is 0 Å². The fourth-order valence-corrected chi connectivity index (χ4v) is 5.92. The molecule has 0 spiro atoms. The van der Waals surface area contributed by atoms with Gasteiger partial charge in [0.1, 0.15) is 18.1 Å². The van der Waals surface area contributed by atoms with Crippen LogP contribution in [0, 0.1) is 6.92 Å². The quantitative estimate of drug-likeness (QED) is 0.215. The van der Waals surface area contributed by atoms with Gasteiger partial charge in [-0.2, -0.15) is 0 Å². The van der Waals surface area contributed by atoms with Crippen LogP contribution < -0.4 is 9.64 Å². The second-order valence-electron chi connectivity index (χ2n) is 10.8. The fourth-order valence-electron chi connectivity index (χ4n) is 5.66. The van der Waals surface area contributed by atoms with Crippen molar-refractivity contribution in [3.05, 3.63) is 89.5 Å². The number of anilines is 1. The van der Waals surface area contributed by atoms with Crippen LogP contribution in [0.25, 0.3) is 32.9 Å². The number of phenolic OH excluding ortho intramolecular Hbond substituents is 1. The molecule has 6 nitrogen and oxygen atoms in total. The molecule has 7 heteroatoms. The van der Waals surface area contributed by atoms with Gasteiger partial charge in [-0.15, -0.1) is 11.6 Å². The van der Waals surface area contributed by atoms with Gasteiger partial charge in [0.25, 0.3) is 5.91 Å². The van der Waals surface area contributed by atoms with E-state index in [4.69, 9.17) is 16.3 Å². The number of hydrogen-bond acceptors (Lipinski definition) is 4. The van der Waals surface area contributed by atoms with Crippen LogP contribution in [0.2, 0.25) is 0 Å². The molecule has 0 bridgehead atoms. The van der Waals surface area contributed by atoms with Gasteiger partial charge in [-0.25, -0.2) is 0 Å². The lowest BCUT2D eigenvalue weighted by molar-refractivity contribution is 0.0988. The van der Waals surface area contributed by atoms with Crippen molar-refractivity contribution in [3.8, 4) is 22.8 Å². The molecular weight excluding hydrogens is 522 g/mol. The van der Waals surface area contributed by atoms with E-state index in [9.17, 15) is 9.90 Å². The summed E-state index contributed by atoms with van der Waals surface area (Å²) in [6.45, 7) is 4.00. The highest BCUT2D eigenvalue weighted by molar-refractivity contribution is 6.19. The number of aromatic hydroxyl groups is 1. The highest BCUT2D eigenvalue weighted by Crippen LogP contribution is 2.46. The second-order valence-corrected chi connectivity index (χ2v) is 11.1. The number of nitrogens with zero attached hydrogens (tertiary/aromatic N) is 2. The third-order valence-corrected chi connectivity index (χ3v) is 8.12. The number of halogens is 1. The molecule has 0 aliphatic carbocycles. The summed E-state index contributed by atoms with van der Waals surface area (Å²) < 4.78 is 5.82. The van der Waals surface area contributed by atoms with Gasteiger partial charge in [0.05, 0.1) is 5.69 Å². The Hall–Kier alpha value is -4.00. The molecular formula is C33H32ClN3O3. The second kappa shape index (κ2) is 10.5. The van der Waals surface area contributed by atoms with Crippen LogP contribution in [-0.2, 0) is 0 Å². The van der Waals surface area contributed by atoms with E-state index in [2.05, 4.69) is 16.0 Å². The van der Waals surface area contributed by atoms with E-state index in [1.54, 1.807) is 11.0 Å². The normalized spacial score (nSPS) is 14.8. The zero-order valence-electron chi connectivity index (χ0n) is 22.9. The van der Waals surface area contributed by atoms with Crippen LogP contribution in [0.1, 0.15) is 27.4 Å². The van der Waals surface area contributed by atoms with E-state index in [1.165, 1.54) is 0 Å². The molecule has 1 aliphatic heterocycles. The molecule has 204 valence electrons. The molecule has 2 N–H and O–H groups in total. The fraction of sp³-hybridized carbons (Fsp3) is 0.242. The first-order valence-electron chi connectivity index (χ1n) is 13.5. The Morgan fingerprint density at radius 2 is 1.90 bits per heavy atom. The van der Waals surface area contributed by atoms with Crippen molar-refractivity contribution in [2.75, 3.05) is 44.6 Å². The van der Waals surface area contributed by atoms with E-state index in [0.29, 0.717) is 24.6 Å². The van der Waals surface area contributed by atoms with Crippen molar-refractivity contribution >= 4 is 44.9 Å². The lowest BCUT2D eigenvalue weighted by Gasteiger charge is -2.19. The number of likely N-dealkylation sites (N-methyl/N-ethyl adjacent to an activating group) is 1. The number of hydrogen-bond donors (Lipinski definition) is 2. The summed E-state index contributed by atoms with van der Waals surface area (Å²) in [5.41, 5.74) is 6.30. The molecule has 0 radical (unpaired) electrons. The molecule has 40 heavy (non-hydrogen) atoms. The van der Waals surface area contributed by atoms with Gasteiger partial charge in [-0.3, -0.25) is 4.79 Å². The average molecular weight is 554 g/mol. The Morgan fingerprint density at radius 3 is 2.65 bits per heavy atom. The average Bonchev–Trinajstić information content (AvgIpc) is 3.54. The highest BCUT2D eigenvalue weighted by atomic mass is 35.5. The van der Waals surface area contributed by atoms with E-state index in [0.717, 1.165) is 62.0 Å². The van der Waals surface area contributed by atoms with Crippen molar-refractivity contribution in [1.82, 2.24) is 9.88 Å². The van der Waals surface area contributed by atoms with Gasteiger partial charge in [0.2, 0.25) is 0 Å². The van der Waals surface area contributed by atoms with E-state index in [-0.39, 0.29) is 17.6 Å². The van der Waals surface area contributed by atoms with Crippen molar-refractivity contribution in [2.24, 2.45) is 0 Å². The standard InChI is InChI=1S/C33H32ClN3O3/c1-20-5-4-6-26-30(38)17-29-32(31(20)26)24(18-34)19-37(29)33(39)23-8-7-22-15-27(35-28(22)16-23)21-9-11-25(12-10-21)40-14-13-36(2)3/h4-12,15-17,24,35,38H,13-14,18-19H2,1-3H3/t24-/m1/s1. The molecule has 2 heterocycles. The Bertz CT molecular complexity index is 1730. The smallest absolute Gasteiger partial charge is 0.258 e. The third kappa shape index (κ3) is 4.67. The largest absolute Gasteiger partial charge is 0.507 e. The molecule has 5 aromatic rings. The number of aromatic amines is 1. The number of phenols is 1. The zero-order valence-corrected chi connectivity index (χ0v) is 23.6. The summed E-state index contributed by atoms with van der Waals surface area (Å²) in [5, 5.41) is 13.6. The molecule has 0 unspecified atom stereocenters.